The Morgan fingerprint density at radius 1 is 1.43 bits per heavy atom. The van der Waals surface area contributed by atoms with Gasteiger partial charge in [-0.3, -0.25) is 4.79 Å². The molecule has 3 rings (SSSR count). The number of hydrogen-bond acceptors (Lipinski definition) is 5. The predicted molar refractivity (Wildman–Crippen MR) is 80.5 cm³/mol. The molecule has 1 aromatic carbocycles. The Balaban J connectivity index is 1.79. The lowest BCUT2D eigenvalue weighted by molar-refractivity contribution is -0.133. The maximum atomic E-state index is 12.3. The van der Waals surface area contributed by atoms with Crippen molar-refractivity contribution in [1.82, 2.24) is 15.0 Å². The zero-order valence-corrected chi connectivity index (χ0v) is 12.5. The Kier molecular flexibility index (Phi) is 3.83. The molecule has 0 spiro atoms. The summed E-state index contributed by atoms with van der Waals surface area (Å²) in [5.41, 5.74) is 0.225. The van der Waals surface area contributed by atoms with E-state index in [2.05, 4.69) is 15.6 Å². The van der Waals surface area contributed by atoms with Gasteiger partial charge in [-0.25, -0.2) is 9.48 Å². The summed E-state index contributed by atoms with van der Waals surface area (Å²) in [5.74, 6) is -1.34. The molecular weight excluding hydrogens is 300 g/mol. The lowest BCUT2D eigenvalue weighted by atomic mass is 10.0. The Labute approximate surface area is 132 Å². The van der Waals surface area contributed by atoms with Crippen LogP contribution in [0.25, 0.3) is 5.69 Å². The van der Waals surface area contributed by atoms with E-state index in [1.54, 1.807) is 31.2 Å². The van der Waals surface area contributed by atoms with Crippen LogP contribution in [-0.4, -0.2) is 44.2 Å². The number of carboxylic acids is 1. The molecule has 23 heavy (non-hydrogen) atoms. The third-order valence-electron chi connectivity index (χ3n) is 3.78. The summed E-state index contributed by atoms with van der Waals surface area (Å²) in [5, 5.41) is 19.0. The van der Waals surface area contributed by atoms with Crippen molar-refractivity contribution in [3.8, 4) is 5.69 Å². The average Bonchev–Trinajstić information content (AvgIpc) is 3.17. The second-order valence-corrected chi connectivity index (χ2v) is 5.54. The third kappa shape index (κ3) is 3.07. The molecule has 1 saturated heterocycles. The molecule has 1 atom stereocenters. The molecule has 1 aliphatic rings. The quantitative estimate of drug-likeness (QED) is 0.884. The van der Waals surface area contributed by atoms with Gasteiger partial charge in [0.1, 0.15) is 5.60 Å². The van der Waals surface area contributed by atoms with Crippen LogP contribution >= 0.6 is 0 Å². The second-order valence-electron chi connectivity index (χ2n) is 5.54. The molecule has 8 nitrogen and oxygen atoms in total. The summed E-state index contributed by atoms with van der Waals surface area (Å²) < 4.78 is 6.85. The van der Waals surface area contributed by atoms with E-state index < -0.39 is 11.6 Å². The molecule has 2 heterocycles. The number of aromatic nitrogens is 3. The highest BCUT2D eigenvalue weighted by molar-refractivity contribution is 5.97. The van der Waals surface area contributed by atoms with Crippen LogP contribution in [0.1, 0.15) is 30.3 Å². The molecule has 1 amide bonds. The minimum Gasteiger partial charge on any atom is -0.476 e. The van der Waals surface area contributed by atoms with Crippen molar-refractivity contribution in [3.63, 3.8) is 0 Å². The largest absolute Gasteiger partial charge is 0.476 e. The van der Waals surface area contributed by atoms with Gasteiger partial charge in [0.25, 0.3) is 5.91 Å². The maximum absolute atomic E-state index is 12.3. The molecular formula is C15H16N4O4. The van der Waals surface area contributed by atoms with Crippen LogP contribution in [0, 0.1) is 0 Å². The number of amides is 1. The summed E-state index contributed by atoms with van der Waals surface area (Å²) in [6.07, 6.45) is 2.86. The lowest BCUT2D eigenvalue weighted by Gasteiger charge is -2.22. The Morgan fingerprint density at radius 2 is 2.26 bits per heavy atom. The second kappa shape index (κ2) is 5.81. The first kappa shape index (κ1) is 15.2. The number of ether oxygens (including phenoxy) is 1. The average molecular weight is 316 g/mol. The Hall–Kier alpha value is -2.74. The van der Waals surface area contributed by atoms with Crippen LogP contribution in [0.15, 0.2) is 30.5 Å². The molecule has 0 bridgehead atoms. The molecule has 2 N–H and O–H groups in total. The molecule has 1 aromatic heterocycles. The summed E-state index contributed by atoms with van der Waals surface area (Å²) >= 11 is 0. The topological polar surface area (TPSA) is 106 Å². The fourth-order valence-corrected chi connectivity index (χ4v) is 2.44. The van der Waals surface area contributed by atoms with Crippen molar-refractivity contribution >= 4 is 17.6 Å². The van der Waals surface area contributed by atoms with Gasteiger partial charge >= 0.3 is 5.97 Å². The molecule has 1 unspecified atom stereocenters. The van der Waals surface area contributed by atoms with Gasteiger partial charge in [-0.2, -0.15) is 0 Å². The summed E-state index contributed by atoms with van der Waals surface area (Å²) in [4.78, 5) is 23.2. The van der Waals surface area contributed by atoms with E-state index >= 15 is 0 Å². The van der Waals surface area contributed by atoms with Crippen LogP contribution in [0.4, 0.5) is 5.69 Å². The van der Waals surface area contributed by atoms with E-state index in [1.807, 2.05) is 0 Å². The molecule has 0 radical (unpaired) electrons. The van der Waals surface area contributed by atoms with Gasteiger partial charge in [-0.15, -0.1) is 5.10 Å². The summed E-state index contributed by atoms with van der Waals surface area (Å²) in [6, 6.07) is 6.92. The fourth-order valence-electron chi connectivity index (χ4n) is 2.44. The molecule has 1 fully saturated rings. The van der Waals surface area contributed by atoms with Crippen LogP contribution in [0.2, 0.25) is 0 Å². The number of carbonyl (C=O) groups is 2. The maximum Gasteiger partial charge on any atom is 0.358 e. The smallest absolute Gasteiger partial charge is 0.358 e. The standard InChI is InChI=1S/C15H16N4O4/c1-15(6-3-7-23-15)14(22)16-10-4-2-5-11(8-10)19-9-12(13(20)21)17-18-19/h2,4-5,8-9H,3,6-7H2,1H3,(H,16,22)(H,20,21). The number of aromatic carboxylic acids is 1. The summed E-state index contributed by atoms with van der Waals surface area (Å²) in [7, 11) is 0. The predicted octanol–water partition coefficient (Wildman–Crippen LogP) is 1.47. The minimum atomic E-state index is -1.15. The Morgan fingerprint density at radius 3 is 2.91 bits per heavy atom. The number of anilines is 1. The minimum absolute atomic E-state index is 0.147. The SMILES string of the molecule is CC1(C(=O)Nc2cccc(-n3cc(C(=O)O)nn3)c2)CCCO1. The van der Waals surface area contributed by atoms with Crippen molar-refractivity contribution in [2.45, 2.75) is 25.4 Å². The van der Waals surface area contributed by atoms with Gasteiger partial charge < -0.3 is 15.2 Å². The van der Waals surface area contributed by atoms with Crippen LogP contribution in [0.5, 0.6) is 0 Å². The first-order chi connectivity index (χ1) is 11.0. The zero-order chi connectivity index (χ0) is 16.4. The highest BCUT2D eigenvalue weighted by Crippen LogP contribution is 2.27. The number of rotatable bonds is 4. The van der Waals surface area contributed by atoms with Gasteiger partial charge in [0.05, 0.1) is 11.9 Å². The Bertz CT molecular complexity index is 749. The number of nitrogens with one attached hydrogen (secondary N) is 1. The van der Waals surface area contributed by atoms with E-state index in [4.69, 9.17) is 9.84 Å². The molecule has 1 aliphatic heterocycles. The zero-order valence-electron chi connectivity index (χ0n) is 12.5. The van der Waals surface area contributed by atoms with Crippen molar-refractivity contribution in [2.75, 3.05) is 11.9 Å². The van der Waals surface area contributed by atoms with E-state index in [0.717, 1.165) is 6.42 Å². The van der Waals surface area contributed by atoms with Gasteiger partial charge in [-0.1, -0.05) is 11.3 Å². The highest BCUT2D eigenvalue weighted by Gasteiger charge is 2.37. The number of benzene rings is 1. The van der Waals surface area contributed by atoms with Crippen LogP contribution in [0.3, 0.4) is 0 Å². The van der Waals surface area contributed by atoms with E-state index in [9.17, 15) is 9.59 Å². The number of carbonyl (C=O) groups excluding carboxylic acids is 1. The van der Waals surface area contributed by atoms with Crippen molar-refractivity contribution in [1.29, 1.82) is 0 Å². The molecule has 2 aromatic rings. The van der Waals surface area contributed by atoms with Gasteiger partial charge in [0.15, 0.2) is 5.69 Å². The monoisotopic (exact) mass is 316 g/mol. The molecule has 120 valence electrons. The lowest BCUT2D eigenvalue weighted by Crippen LogP contribution is -2.39. The fraction of sp³-hybridized carbons (Fsp3) is 0.333. The number of hydrogen-bond donors (Lipinski definition) is 2. The van der Waals surface area contributed by atoms with Gasteiger partial charge in [0.2, 0.25) is 0 Å². The molecule has 8 heteroatoms. The van der Waals surface area contributed by atoms with Crippen LogP contribution < -0.4 is 5.32 Å². The van der Waals surface area contributed by atoms with Crippen molar-refractivity contribution in [2.24, 2.45) is 0 Å². The van der Waals surface area contributed by atoms with E-state index in [-0.39, 0.29) is 11.6 Å². The number of nitrogens with zero attached hydrogens (tertiary/aromatic N) is 3. The van der Waals surface area contributed by atoms with E-state index in [0.29, 0.717) is 24.4 Å². The van der Waals surface area contributed by atoms with Crippen molar-refractivity contribution in [3.05, 3.63) is 36.2 Å². The first-order valence-corrected chi connectivity index (χ1v) is 7.19. The third-order valence-corrected chi connectivity index (χ3v) is 3.78. The molecule has 0 saturated carbocycles. The first-order valence-electron chi connectivity index (χ1n) is 7.19. The van der Waals surface area contributed by atoms with Crippen molar-refractivity contribution < 1.29 is 19.4 Å². The highest BCUT2D eigenvalue weighted by atomic mass is 16.5. The van der Waals surface area contributed by atoms with Gasteiger partial charge in [0, 0.05) is 12.3 Å². The van der Waals surface area contributed by atoms with Gasteiger partial charge in [-0.05, 0) is 38.0 Å². The normalized spacial score (nSPS) is 20.4. The number of carboxylic acid groups (broad SMARTS) is 1. The van der Waals surface area contributed by atoms with E-state index in [1.165, 1.54) is 10.9 Å². The summed E-state index contributed by atoms with van der Waals surface area (Å²) in [6.45, 7) is 2.36. The molecule has 0 aliphatic carbocycles. The van der Waals surface area contributed by atoms with Crippen LogP contribution in [-0.2, 0) is 9.53 Å².